The summed E-state index contributed by atoms with van der Waals surface area (Å²) in [6.45, 7) is 4.68. The van der Waals surface area contributed by atoms with Crippen molar-refractivity contribution in [1.82, 2.24) is 0 Å². The Hall–Kier alpha value is -0.860. The lowest BCUT2D eigenvalue weighted by Gasteiger charge is -2.44. The van der Waals surface area contributed by atoms with Gasteiger partial charge in [-0.3, -0.25) is 0 Å². The second-order valence-corrected chi connectivity index (χ2v) is 5.29. The van der Waals surface area contributed by atoms with Gasteiger partial charge in [0.15, 0.2) is 0 Å². The molecule has 0 amide bonds. The van der Waals surface area contributed by atoms with Crippen molar-refractivity contribution in [2.75, 3.05) is 13.2 Å². The summed E-state index contributed by atoms with van der Waals surface area (Å²) in [7, 11) is 0. The second-order valence-electron chi connectivity index (χ2n) is 5.29. The average Bonchev–Trinajstić information content (AvgIpc) is 2.28. The van der Waals surface area contributed by atoms with E-state index in [9.17, 15) is 0 Å². The smallest absolute Gasteiger partial charge is 0.0717 e. The quantitative estimate of drug-likeness (QED) is 0.826. The minimum absolute atomic E-state index is 0.390. The van der Waals surface area contributed by atoms with Crippen LogP contribution in [0.3, 0.4) is 0 Å². The highest BCUT2D eigenvalue weighted by molar-refractivity contribution is 5.13. The predicted octanol–water partition coefficient (Wildman–Crippen LogP) is 2.58. The Morgan fingerprint density at radius 3 is 2.62 bits per heavy atom. The minimum Gasteiger partial charge on any atom is -0.376 e. The zero-order valence-electron chi connectivity index (χ0n) is 9.99. The summed E-state index contributed by atoms with van der Waals surface area (Å²) in [5, 5.41) is 0. The van der Waals surface area contributed by atoms with E-state index < -0.39 is 0 Å². The van der Waals surface area contributed by atoms with Crippen LogP contribution in [-0.4, -0.2) is 13.2 Å². The molecule has 16 heavy (non-hydrogen) atoms. The molecule has 0 atom stereocenters. The molecule has 0 heterocycles. The normalized spacial score (nSPS) is 28.8. The zero-order chi connectivity index (χ0) is 11.4. The summed E-state index contributed by atoms with van der Waals surface area (Å²) in [4.78, 5) is 0. The van der Waals surface area contributed by atoms with Gasteiger partial charge in [0.2, 0.25) is 0 Å². The molecule has 88 valence electrons. The van der Waals surface area contributed by atoms with Crippen LogP contribution in [0.25, 0.3) is 0 Å². The highest BCUT2D eigenvalue weighted by atomic mass is 16.5. The van der Waals surface area contributed by atoms with E-state index in [-0.39, 0.29) is 0 Å². The lowest BCUT2D eigenvalue weighted by Crippen LogP contribution is -2.42. The number of rotatable bonds is 5. The molecule has 0 saturated heterocycles. The van der Waals surface area contributed by atoms with Crippen molar-refractivity contribution in [3.63, 3.8) is 0 Å². The van der Waals surface area contributed by atoms with Crippen molar-refractivity contribution in [2.24, 2.45) is 17.1 Å². The predicted molar refractivity (Wildman–Crippen MR) is 66.0 cm³/mol. The highest BCUT2D eigenvalue weighted by Crippen LogP contribution is 2.44. The van der Waals surface area contributed by atoms with Crippen LogP contribution in [-0.2, 0) is 11.3 Å². The number of nitrogens with two attached hydrogens (primary N) is 1. The molecule has 0 radical (unpaired) electrons. The third kappa shape index (κ3) is 2.83. The third-order valence-corrected chi connectivity index (χ3v) is 3.52. The van der Waals surface area contributed by atoms with Crippen LogP contribution in [0.1, 0.15) is 25.3 Å². The topological polar surface area (TPSA) is 35.2 Å². The average molecular weight is 219 g/mol. The third-order valence-electron chi connectivity index (χ3n) is 3.52. The van der Waals surface area contributed by atoms with E-state index in [0.29, 0.717) is 5.41 Å². The maximum atomic E-state index is 5.72. The van der Waals surface area contributed by atoms with Gasteiger partial charge in [-0.05, 0) is 36.3 Å². The lowest BCUT2D eigenvalue weighted by atomic mass is 9.63. The van der Waals surface area contributed by atoms with Crippen molar-refractivity contribution in [2.45, 2.75) is 26.4 Å². The van der Waals surface area contributed by atoms with E-state index in [0.717, 1.165) is 25.7 Å². The van der Waals surface area contributed by atoms with Gasteiger partial charge in [0, 0.05) is 6.61 Å². The van der Waals surface area contributed by atoms with Gasteiger partial charge in [-0.2, -0.15) is 0 Å². The fourth-order valence-electron chi connectivity index (χ4n) is 2.54. The van der Waals surface area contributed by atoms with E-state index in [1.54, 1.807) is 0 Å². The molecular weight excluding hydrogens is 198 g/mol. The molecular formula is C14H21NO. The Bertz CT molecular complexity index is 317. The fourth-order valence-corrected chi connectivity index (χ4v) is 2.54. The van der Waals surface area contributed by atoms with Crippen LogP contribution in [0.4, 0.5) is 0 Å². The highest BCUT2D eigenvalue weighted by Gasteiger charge is 2.38. The molecule has 0 spiro atoms. The van der Waals surface area contributed by atoms with Crippen molar-refractivity contribution < 1.29 is 4.74 Å². The Morgan fingerprint density at radius 1 is 1.31 bits per heavy atom. The van der Waals surface area contributed by atoms with Crippen molar-refractivity contribution in [3.8, 4) is 0 Å². The molecule has 1 aromatic carbocycles. The van der Waals surface area contributed by atoms with Crippen LogP contribution in [0.2, 0.25) is 0 Å². The van der Waals surface area contributed by atoms with Crippen LogP contribution in [0.15, 0.2) is 30.3 Å². The molecule has 1 aliphatic rings. The molecule has 1 fully saturated rings. The van der Waals surface area contributed by atoms with Gasteiger partial charge in [0.25, 0.3) is 0 Å². The van der Waals surface area contributed by atoms with Gasteiger partial charge in [-0.15, -0.1) is 0 Å². The molecule has 0 bridgehead atoms. The molecule has 0 unspecified atom stereocenters. The number of hydrogen-bond acceptors (Lipinski definition) is 2. The first-order chi connectivity index (χ1) is 7.72. The maximum Gasteiger partial charge on any atom is 0.0717 e. The first-order valence-corrected chi connectivity index (χ1v) is 6.04. The molecule has 2 rings (SSSR count). The summed E-state index contributed by atoms with van der Waals surface area (Å²) in [5.41, 5.74) is 7.35. The molecule has 0 aromatic heterocycles. The molecule has 0 aliphatic heterocycles. The van der Waals surface area contributed by atoms with Gasteiger partial charge in [-0.1, -0.05) is 37.3 Å². The molecule has 1 saturated carbocycles. The SMILES string of the molecule is CC1(CN)CC(COCc2ccccc2)C1. The van der Waals surface area contributed by atoms with Gasteiger partial charge < -0.3 is 10.5 Å². The molecule has 2 N–H and O–H groups in total. The summed E-state index contributed by atoms with van der Waals surface area (Å²) >= 11 is 0. The Morgan fingerprint density at radius 2 is 2.00 bits per heavy atom. The van der Waals surface area contributed by atoms with Crippen LogP contribution >= 0.6 is 0 Å². The largest absolute Gasteiger partial charge is 0.376 e. The Kier molecular flexibility index (Phi) is 3.62. The number of benzene rings is 1. The molecule has 1 aliphatic carbocycles. The Balaban J connectivity index is 1.64. The van der Waals surface area contributed by atoms with E-state index in [1.165, 1.54) is 18.4 Å². The molecule has 2 heteroatoms. The zero-order valence-corrected chi connectivity index (χ0v) is 9.99. The van der Waals surface area contributed by atoms with Crippen molar-refractivity contribution in [3.05, 3.63) is 35.9 Å². The number of hydrogen-bond donors (Lipinski definition) is 1. The van der Waals surface area contributed by atoms with Crippen LogP contribution < -0.4 is 5.73 Å². The van der Waals surface area contributed by atoms with Crippen LogP contribution in [0.5, 0.6) is 0 Å². The van der Waals surface area contributed by atoms with Gasteiger partial charge >= 0.3 is 0 Å². The molecule has 1 aromatic rings. The summed E-state index contributed by atoms with van der Waals surface area (Å²) in [6, 6.07) is 10.3. The van der Waals surface area contributed by atoms with Gasteiger partial charge in [0.05, 0.1) is 6.61 Å². The summed E-state index contributed by atoms with van der Waals surface area (Å²) in [6.07, 6.45) is 2.44. The fraction of sp³-hybridized carbons (Fsp3) is 0.571. The number of ether oxygens (including phenoxy) is 1. The van der Waals surface area contributed by atoms with E-state index >= 15 is 0 Å². The summed E-state index contributed by atoms with van der Waals surface area (Å²) in [5.74, 6) is 0.720. The lowest BCUT2D eigenvalue weighted by molar-refractivity contribution is -0.00392. The summed E-state index contributed by atoms with van der Waals surface area (Å²) < 4.78 is 5.72. The van der Waals surface area contributed by atoms with Crippen molar-refractivity contribution >= 4 is 0 Å². The monoisotopic (exact) mass is 219 g/mol. The van der Waals surface area contributed by atoms with Crippen molar-refractivity contribution in [1.29, 1.82) is 0 Å². The minimum atomic E-state index is 0.390. The first-order valence-electron chi connectivity index (χ1n) is 6.04. The van der Waals surface area contributed by atoms with E-state index in [1.807, 2.05) is 18.2 Å². The maximum absolute atomic E-state index is 5.72. The first kappa shape index (κ1) is 11.6. The Labute approximate surface area is 97.8 Å². The van der Waals surface area contributed by atoms with Crippen LogP contribution in [0, 0.1) is 11.3 Å². The molecule has 2 nitrogen and oxygen atoms in total. The van der Waals surface area contributed by atoms with E-state index in [4.69, 9.17) is 10.5 Å². The second kappa shape index (κ2) is 4.98. The standard InChI is InChI=1S/C14H21NO/c1-14(11-15)7-13(8-14)10-16-9-12-5-3-2-4-6-12/h2-6,13H,7-11,15H2,1H3. The van der Waals surface area contributed by atoms with E-state index in [2.05, 4.69) is 19.1 Å². The van der Waals surface area contributed by atoms with Gasteiger partial charge in [0.1, 0.15) is 0 Å². The van der Waals surface area contributed by atoms with Gasteiger partial charge in [-0.25, -0.2) is 0 Å².